The molecule has 1 rings (SSSR count). The van der Waals surface area contributed by atoms with E-state index in [0.717, 1.165) is 0 Å². The van der Waals surface area contributed by atoms with Crippen LogP contribution in [0.15, 0.2) is 0 Å². The van der Waals surface area contributed by atoms with Gasteiger partial charge in [0, 0.05) is 12.8 Å². The maximum absolute atomic E-state index is 11.7. The minimum atomic E-state index is -0.922. The Bertz CT molecular complexity index is 297. The number of rotatable bonds is 3. The van der Waals surface area contributed by atoms with Crippen LogP contribution in [0.25, 0.3) is 0 Å². The van der Waals surface area contributed by atoms with Crippen molar-refractivity contribution in [1.29, 1.82) is 5.26 Å². The number of nitriles is 1. The van der Waals surface area contributed by atoms with E-state index < -0.39 is 5.54 Å². The molecular formula is C11H16N2O2. The third kappa shape index (κ3) is 1.87. The molecule has 0 bridgehead atoms. The number of imide groups is 1. The number of nitrogens with zero attached hydrogens (tertiary/aromatic N) is 2. The third-order valence-corrected chi connectivity index (χ3v) is 3.09. The highest BCUT2D eigenvalue weighted by molar-refractivity contribution is 5.98. The topological polar surface area (TPSA) is 61.2 Å². The molecule has 0 unspecified atom stereocenters. The molecule has 1 heterocycles. The van der Waals surface area contributed by atoms with Crippen LogP contribution in [0.2, 0.25) is 0 Å². The molecule has 82 valence electrons. The SMILES string of the molecule is CCC(C#N)(CC)N1C(=O)CCCC1=O. The molecule has 4 nitrogen and oxygen atoms in total. The largest absolute Gasteiger partial charge is 0.274 e. The van der Waals surface area contributed by atoms with Crippen LogP contribution in [0, 0.1) is 11.3 Å². The Kier molecular flexibility index (Phi) is 3.46. The molecule has 4 heteroatoms. The van der Waals surface area contributed by atoms with Gasteiger partial charge in [0.2, 0.25) is 11.8 Å². The van der Waals surface area contributed by atoms with Gasteiger partial charge in [0.15, 0.2) is 0 Å². The molecule has 1 fully saturated rings. The van der Waals surface area contributed by atoms with Crippen molar-refractivity contribution in [2.24, 2.45) is 0 Å². The number of likely N-dealkylation sites (tertiary alicyclic amines) is 1. The van der Waals surface area contributed by atoms with Crippen molar-refractivity contribution in [1.82, 2.24) is 4.90 Å². The zero-order valence-corrected chi connectivity index (χ0v) is 9.25. The van der Waals surface area contributed by atoms with Crippen LogP contribution in [0.4, 0.5) is 0 Å². The second-order valence-corrected chi connectivity index (χ2v) is 3.83. The highest BCUT2D eigenvalue weighted by Gasteiger charge is 2.42. The molecular weight excluding hydrogens is 192 g/mol. The molecule has 2 amide bonds. The lowest BCUT2D eigenvalue weighted by Gasteiger charge is -2.38. The van der Waals surface area contributed by atoms with E-state index in [4.69, 9.17) is 5.26 Å². The Labute approximate surface area is 89.9 Å². The summed E-state index contributed by atoms with van der Waals surface area (Å²) in [5.74, 6) is -0.395. The molecule has 0 aromatic heterocycles. The quantitative estimate of drug-likeness (QED) is 0.662. The van der Waals surface area contributed by atoms with E-state index in [2.05, 4.69) is 6.07 Å². The third-order valence-electron chi connectivity index (χ3n) is 3.09. The first-order valence-electron chi connectivity index (χ1n) is 5.38. The summed E-state index contributed by atoms with van der Waals surface area (Å²) in [5.41, 5.74) is -0.922. The molecule has 15 heavy (non-hydrogen) atoms. The molecule has 1 saturated heterocycles. The fraction of sp³-hybridized carbons (Fsp3) is 0.727. The van der Waals surface area contributed by atoms with Gasteiger partial charge in [-0.25, -0.2) is 0 Å². The summed E-state index contributed by atoms with van der Waals surface area (Å²) < 4.78 is 0. The maximum atomic E-state index is 11.7. The fourth-order valence-corrected chi connectivity index (χ4v) is 2.01. The number of carbonyl (C=O) groups excluding carboxylic acids is 2. The van der Waals surface area contributed by atoms with Gasteiger partial charge in [0.1, 0.15) is 5.54 Å². The molecule has 0 saturated carbocycles. The van der Waals surface area contributed by atoms with Gasteiger partial charge >= 0.3 is 0 Å². The van der Waals surface area contributed by atoms with Crippen molar-refractivity contribution in [3.8, 4) is 6.07 Å². The fourth-order valence-electron chi connectivity index (χ4n) is 2.01. The lowest BCUT2D eigenvalue weighted by Crippen LogP contribution is -2.55. The summed E-state index contributed by atoms with van der Waals surface area (Å²) in [6.45, 7) is 3.67. The van der Waals surface area contributed by atoms with Crippen LogP contribution in [-0.2, 0) is 9.59 Å². The molecule has 0 aromatic rings. The van der Waals surface area contributed by atoms with E-state index in [1.54, 1.807) is 0 Å². The summed E-state index contributed by atoms with van der Waals surface area (Å²) >= 11 is 0. The predicted octanol–water partition coefficient (Wildman–Crippen LogP) is 1.61. The molecule has 1 aliphatic heterocycles. The highest BCUT2D eigenvalue weighted by Crippen LogP contribution is 2.28. The molecule has 1 aliphatic rings. The standard InChI is InChI=1S/C11H16N2O2/c1-3-11(4-2,8-12)13-9(14)6-5-7-10(13)15/h3-7H2,1-2H3. The minimum Gasteiger partial charge on any atom is -0.274 e. The van der Waals surface area contributed by atoms with Crippen molar-refractivity contribution >= 4 is 11.8 Å². The van der Waals surface area contributed by atoms with E-state index in [-0.39, 0.29) is 11.8 Å². The van der Waals surface area contributed by atoms with Crippen molar-refractivity contribution in [3.05, 3.63) is 0 Å². The van der Waals surface area contributed by atoms with E-state index in [0.29, 0.717) is 32.1 Å². The maximum Gasteiger partial charge on any atom is 0.230 e. The molecule has 0 radical (unpaired) electrons. The van der Waals surface area contributed by atoms with Gasteiger partial charge in [-0.1, -0.05) is 13.8 Å². The van der Waals surface area contributed by atoms with Gasteiger partial charge in [0.05, 0.1) is 6.07 Å². The molecule has 0 spiro atoms. The van der Waals surface area contributed by atoms with Crippen LogP contribution in [0.1, 0.15) is 46.0 Å². The smallest absolute Gasteiger partial charge is 0.230 e. The molecule has 0 atom stereocenters. The summed E-state index contributed by atoms with van der Waals surface area (Å²) in [7, 11) is 0. The number of carbonyl (C=O) groups is 2. The van der Waals surface area contributed by atoms with E-state index in [9.17, 15) is 9.59 Å². The zero-order valence-electron chi connectivity index (χ0n) is 9.25. The normalized spacial score (nSPS) is 17.8. The average Bonchev–Trinajstić information content (AvgIpc) is 2.24. The monoisotopic (exact) mass is 208 g/mol. The Morgan fingerprint density at radius 3 is 2.07 bits per heavy atom. The number of piperidine rings is 1. The Hall–Kier alpha value is -1.37. The first-order chi connectivity index (χ1) is 7.11. The van der Waals surface area contributed by atoms with Gasteiger partial charge in [0.25, 0.3) is 0 Å². The van der Waals surface area contributed by atoms with Crippen LogP contribution < -0.4 is 0 Å². The molecule has 0 aliphatic carbocycles. The molecule has 0 aromatic carbocycles. The van der Waals surface area contributed by atoms with Gasteiger partial charge in [-0.05, 0) is 19.3 Å². The van der Waals surface area contributed by atoms with Gasteiger partial charge in [-0.2, -0.15) is 5.26 Å². The van der Waals surface area contributed by atoms with Crippen molar-refractivity contribution in [2.45, 2.75) is 51.5 Å². The first-order valence-corrected chi connectivity index (χ1v) is 5.38. The summed E-state index contributed by atoms with van der Waals surface area (Å²) in [6.07, 6.45) is 2.38. The minimum absolute atomic E-state index is 0.198. The Morgan fingerprint density at radius 1 is 1.27 bits per heavy atom. The summed E-state index contributed by atoms with van der Waals surface area (Å²) in [5, 5.41) is 9.17. The van der Waals surface area contributed by atoms with Crippen LogP contribution >= 0.6 is 0 Å². The number of hydrogen-bond donors (Lipinski definition) is 0. The average molecular weight is 208 g/mol. The Morgan fingerprint density at radius 2 is 1.73 bits per heavy atom. The zero-order chi connectivity index (χ0) is 11.5. The van der Waals surface area contributed by atoms with Crippen LogP contribution in [-0.4, -0.2) is 22.3 Å². The van der Waals surface area contributed by atoms with E-state index in [1.165, 1.54) is 4.90 Å². The van der Waals surface area contributed by atoms with Crippen molar-refractivity contribution < 1.29 is 9.59 Å². The number of amides is 2. The van der Waals surface area contributed by atoms with E-state index >= 15 is 0 Å². The summed E-state index contributed by atoms with van der Waals surface area (Å²) in [4.78, 5) is 24.6. The van der Waals surface area contributed by atoms with Gasteiger partial charge in [-0.3, -0.25) is 14.5 Å². The lowest BCUT2D eigenvalue weighted by atomic mass is 9.89. The highest BCUT2D eigenvalue weighted by atomic mass is 16.2. The molecule has 0 N–H and O–H groups in total. The van der Waals surface area contributed by atoms with Crippen molar-refractivity contribution in [3.63, 3.8) is 0 Å². The lowest BCUT2D eigenvalue weighted by molar-refractivity contribution is -0.153. The second kappa shape index (κ2) is 4.43. The summed E-state index contributed by atoms with van der Waals surface area (Å²) in [6, 6.07) is 2.13. The van der Waals surface area contributed by atoms with E-state index in [1.807, 2.05) is 13.8 Å². The second-order valence-electron chi connectivity index (χ2n) is 3.83. The Balaban J connectivity index is 3.06. The van der Waals surface area contributed by atoms with Crippen LogP contribution in [0.3, 0.4) is 0 Å². The van der Waals surface area contributed by atoms with Gasteiger partial charge < -0.3 is 0 Å². The van der Waals surface area contributed by atoms with Crippen molar-refractivity contribution in [2.75, 3.05) is 0 Å². The van der Waals surface area contributed by atoms with Crippen LogP contribution in [0.5, 0.6) is 0 Å². The van der Waals surface area contributed by atoms with Gasteiger partial charge in [-0.15, -0.1) is 0 Å². The first kappa shape index (κ1) is 11.7. The predicted molar refractivity (Wildman–Crippen MR) is 54.6 cm³/mol. The number of hydrogen-bond acceptors (Lipinski definition) is 3.